The van der Waals surface area contributed by atoms with Gasteiger partial charge in [-0.05, 0) is 19.4 Å². The molecule has 7 nitrogen and oxygen atoms in total. The van der Waals surface area contributed by atoms with Crippen molar-refractivity contribution in [3.05, 3.63) is 24.3 Å². The van der Waals surface area contributed by atoms with E-state index in [1.54, 1.807) is 0 Å². The summed E-state index contributed by atoms with van der Waals surface area (Å²) in [5.41, 5.74) is -1.10. The summed E-state index contributed by atoms with van der Waals surface area (Å²) in [4.78, 5) is 21.7. The number of nitrogens with zero attached hydrogens (tertiary/aromatic N) is 3. The van der Waals surface area contributed by atoms with E-state index < -0.39 is 17.6 Å². The SMILES string of the molecule is CCCN1CC[C@@](O)(CNC(=O)c2cnccn2)[C@H](O)C1. The maximum Gasteiger partial charge on any atom is 0.271 e. The number of carbonyl (C=O) groups is 1. The van der Waals surface area contributed by atoms with Gasteiger partial charge in [0.25, 0.3) is 5.91 Å². The average Bonchev–Trinajstić information content (AvgIpc) is 2.50. The van der Waals surface area contributed by atoms with Crippen LogP contribution in [0.3, 0.4) is 0 Å². The molecule has 0 saturated carbocycles. The summed E-state index contributed by atoms with van der Waals surface area (Å²) < 4.78 is 0. The smallest absolute Gasteiger partial charge is 0.271 e. The van der Waals surface area contributed by atoms with Crippen molar-refractivity contribution in [3.8, 4) is 0 Å². The summed E-state index contributed by atoms with van der Waals surface area (Å²) in [5, 5.41) is 23.2. The molecule has 2 atom stereocenters. The number of aliphatic hydroxyl groups excluding tert-OH is 1. The van der Waals surface area contributed by atoms with Crippen LogP contribution in [-0.2, 0) is 0 Å². The molecule has 1 aliphatic heterocycles. The van der Waals surface area contributed by atoms with Crippen molar-refractivity contribution in [2.75, 3.05) is 26.2 Å². The largest absolute Gasteiger partial charge is 0.389 e. The van der Waals surface area contributed by atoms with E-state index in [1.807, 2.05) is 0 Å². The van der Waals surface area contributed by atoms with E-state index in [4.69, 9.17) is 0 Å². The molecular formula is C14H22N4O3. The fraction of sp³-hybridized carbons (Fsp3) is 0.643. The zero-order valence-electron chi connectivity index (χ0n) is 12.2. The number of amides is 1. The fourth-order valence-corrected chi connectivity index (χ4v) is 2.49. The number of aliphatic hydroxyl groups is 2. The number of likely N-dealkylation sites (tertiary alicyclic amines) is 1. The number of hydrogen-bond donors (Lipinski definition) is 3. The van der Waals surface area contributed by atoms with Gasteiger partial charge in [-0.2, -0.15) is 0 Å². The lowest BCUT2D eigenvalue weighted by Crippen LogP contribution is -2.60. The zero-order chi connectivity index (χ0) is 15.3. The van der Waals surface area contributed by atoms with Gasteiger partial charge in [0.05, 0.1) is 12.3 Å². The van der Waals surface area contributed by atoms with Gasteiger partial charge in [0.2, 0.25) is 0 Å². The predicted molar refractivity (Wildman–Crippen MR) is 76.7 cm³/mol. The molecule has 21 heavy (non-hydrogen) atoms. The van der Waals surface area contributed by atoms with Crippen molar-refractivity contribution in [2.45, 2.75) is 31.5 Å². The number of hydrogen-bond acceptors (Lipinski definition) is 6. The Morgan fingerprint density at radius 2 is 2.38 bits per heavy atom. The van der Waals surface area contributed by atoms with E-state index in [0.29, 0.717) is 19.5 Å². The van der Waals surface area contributed by atoms with E-state index in [2.05, 4.69) is 27.1 Å². The van der Waals surface area contributed by atoms with Gasteiger partial charge in [-0.15, -0.1) is 0 Å². The molecule has 1 fully saturated rings. The summed E-state index contributed by atoms with van der Waals surface area (Å²) >= 11 is 0. The summed E-state index contributed by atoms with van der Waals surface area (Å²) in [5.74, 6) is -0.403. The Kier molecular flexibility index (Phi) is 5.22. The van der Waals surface area contributed by atoms with Gasteiger partial charge in [0.15, 0.2) is 0 Å². The number of carbonyl (C=O) groups excluding carboxylic acids is 1. The van der Waals surface area contributed by atoms with Crippen LogP contribution in [0.5, 0.6) is 0 Å². The van der Waals surface area contributed by atoms with E-state index in [1.165, 1.54) is 18.6 Å². The molecule has 0 radical (unpaired) electrons. The van der Waals surface area contributed by atoms with Crippen molar-refractivity contribution < 1.29 is 15.0 Å². The topological polar surface area (TPSA) is 98.6 Å². The second-order valence-corrected chi connectivity index (χ2v) is 5.44. The zero-order valence-corrected chi connectivity index (χ0v) is 12.2. The highest BCUT2D eigenvalue weighted by Gasteiger charge is 2.40. The van der Waals surface area contributed by atoms with Crippen LogP contribution in [-0.4, -0.2) is 68.9 Å². The van der Waals surface area contributed by atoms with Crippen LogP contribution in [0.2, 0.25) is 0 Å². The first-order valence-electron chi connectivity index (χ1n) is 7.22. The van der Waals surface area contributed by atoms with Gasteiger partial charge in [-0.25, -0.2) is 4.98 Å². The van der Waals surface area contributed by atoms with Crippen LogP contribution in [0.15, 0.2) is 18.6 Å². The number of nitrogens with one attached hydrogen (secondary N) is 1. The van der Waals surface area contributed by atoms with Gasteiger partial charge < -0.3 is 20.4 Å². The number of aromatic nitrogens is 2. The molecule has 1 aromatic heterocycles. The van der Waals surface area contributed by atoms with E-state index in [-0.39, 0.29) is 12.2 Å². The lowest BCUT2D eigenvalue weighted by atomic mass is 9.88. The number of rotatable bonds is 5. The normalized spacial score (nSPS) is 26.5. The summed E-state index contributed by atoms with van der Waals surface area (Å²) in [6, 6.07) is 0. The Morgan fingerprint density at radius 3 is 3.00 bits per heavy atom. The Bertz CT molecular complexity index is 471. The van der Waals surface area contributed by atoms with Gasteiger partial charge in [0, 0.05) is 32.0 Å². The minimum Gasteiger partial charge on any atom is -0.389 e. The van der Waals surface area contributed by atoms with Crippen molar-refractivity contribution >= 4 is 5.91 Å². The molecule has 0 aliphatic carbocycles. The molecule has 1 saturated heterocycles. The maximum absolute atomic E-state index is 11.9. The predicted octanol–water partition coefficient (Wildman–Crippen LogP) is -0.586. The van der Waals surface area contributed by atoms with Crippen LogP contribution < -0.4 is 5.32 Å². The minimum atomic E-state index is -1.29. The average molecular weight is 294 g/mol. The van der Waals surface area contributed by atoms with Gasteiger partial charge in [0.1, 0.15) is 11.3 Å². The lowest BCUT2D eigenvalue weighted by molar-refractivity contribution is -0.115. The van der Waals surface area contributed by atoms with Crippen LogP contribution in [0, 0.1) is 0 Å². The van der Waals surface area contributed by atoms with Crippen LogP contribution in [0.4, 0.5) is 0 Å². The quantitative estimate of drug-likeness (QED) is 0.672. The molecule has 0 aromatic carbocycles. The van der Waals surface area contributed by atoms with E-state index in [0.717, 1.165) is 13.0 Å². The minimum absolute atomic E-state index is 0.00351. The van der Waals surface area contributed by atoms with Crippen LogP contribution in [0.25, 0.3) is 0 Å². The first kappa shape index (κ1) is 15.8. The molecular weight excluding hydrogens is 272 g/mol. The second kappa shape index (κ2) is 6.93. The number of piperidine rings is 1. The number of β-amino-alcohol motifs (C(OH)–C–C–N with tert-alkyl or cyclic N) is 1. The van der Waals surface area contributed by atoms with Crippen molar-refractivity contribution in [1.29, 1.82) is 0 Å². The third-order valence-corrected chi connectivity index (χ3v) is 3.80. The van der Waals surface area contributed by atoms with Gasteiger partial charge in [-0.3, -0.25) is 9.78 Å². The highest BCUT2D eigenvalue weighted by molar-refractivity contribution is 5.91. The molecule has 1 amide bonds. The molecule has 0 unspecified atom stereocenters. The van der Waals surface area contributed by atoms with E-state index in [9.17, 15) is 15.0 Å². The Balaban J connectivity index is 1.89. The molecule has 0 bridgehead atoms. The molecule has 1 aliphatic rings. The van der Waals surface area contributed by atoms with Gasteiger partial charge in [-0.1, -0.05) is 6.92 Å². The van der Waals surface area contributed by atoms with Crippen LogP contribution in [0.1, 0.15) is 30.3 Å². The fourth-order valence-electron chi connectivity index (χ4n) is 2.49. The standard InChI is InChI=1S/C14H22N4O3/c1-2-6-18-7-3-14(21,12(19)9-18)10-17-13(20)11-8-15-4-5-16-11/h4-5,8,12,19,21H,2-3,6-7,9-10H2,1H3,(H,17,20)/t12-,14-/m1/s1. The first-order valence-corrected chi connectivity index (χ1v) is 7.22. The highest BCUT2D eigenvalue weighted by Crippen LogP contribution is 2.22. The molecule has 2 heterocycles. The van der Waals surface area contributed by atoms with Gasteiger partial charge >= 0.3 is 0 Å². The lowest BCUT2D eigenvalue weighted by Gasteiger charge is -2.42. The van der Waals surface area contributed by atoms with E-state index >= 15 is 0 Å². The second-order valence-electron chi connectivity index (χ2n) is 5.44. The molecule has 3 N–H and O–H groups in total. The molecule has 0 spiro atoms. The Morgan fingerprint density at radius 1 is 1.57 bits per heavy atom. The van der Waals surface area contributed by atoms with Crippen molar-refractivity contribution in [1.82, 2.24) is 20.2 Å². The monoisotopic (exact) mass is 294 g/mol. The third kappa shape index (κ3) is 3.96. The summed E-state index contributed by atoms with van der Waals surface area (Å²) in [6.45, 7) is 4.12. The molecule has 116 valence electrons. The van der Waals surface area contributed by atoms with Crippen molar-refractivity contribution in [2.24, 2.45) is 0 Å². The highest BCUT2D eigenvalue weighted by atomic mass is 16.3. The molecule has 2 rings (SSSR count). The summed E-state index contributed by atoms with van der Waals surface area (Å²) in [7, 11) is 0. The van der Waals surface area contributed by atoms with Crippen LogP contribution >= 0.6 is 0 Å². The Labute approximate surface area is 124 Å². The summed E-state index contributed by atoms with van der Waals surface area (Å²) in [6.07, 6.45) is 4.84. The Hall–Kier alpha value is -1.57. The maximum atomic E-state index is 11.9. The third-order valence-electron chi connectivity index (χ3n) is 3.80. The first-order chi connectivity index (χ1) is 10.0. The molecule has 1 aromatic rings. The molecule has 7 heteroatoms. The van der Waals surface area contributed by atoms with Crippen molar-refractivity contribution in [3.63, 3.8) is 0 Å².